The predicted molar refractivity (Wildman–Crippen MR) is 75.1 cm³/mol. The van der Waals surface area contributed by atoms with Gasteiger partial charge in [0.2, 0.25) is 0 Å². The Morgan fingerprint density at radius 1 is 1.20 bits per heavy atom. The van der Waals surface area contributed by atoms with Crippen LogP contribution < -0.4 is 5.32 Å². The van der Waals surface area contributed by atoms with E-state index in [1.165, 1.54) is 6.07 Å². The lowest BCUT2D eigenvalue weighted by Gasteiger charge is -2.07. The molecule has 2 rings (SSSR count). The molecule has 2 aromatic rings. The van der Waals surface area contributed by atoms with Gasteiger partial charge in [-0.2, -0.15) is 0 Å². The molecule has 0 bridgehead atoms. The van der Waals surface area contributed by atoms with Crippen LogP contribution in [0.3, 0.4) is 0 Å². The van der Waals surface area contributed by atoms with Crippen LogP contribution in [-0.2, 0) is 13.1 Å². The highest BCUT2D eigenvalue weighted by Gasteiger charge is 2.12. The van der Waals surface area contributed by atoms with E-state index in [0.717, 1.165) is 17.0 Å². The lowest BCUT2D eigenvalue weighted by Crippen LogP contribution is -2.15. The van der Waals surface area contributed by atoms with Crippen molar-refractivity contribution in [2.45, 2.75) is 26.9 Å². The summed E-state index contributed by atoms with van der Waals surface area (Å²) in [6.45, 7) is 4.79. The minimum absolute atomic E-state index is 0.152. The van der Waals surface area contributed by atoms with Crippen LogP contribution in [0.1, 0.15) is 22.5 Å². The molecule has 6 heteroatoms. The van der Waals surface area contributed by atoms with Gasteiger partial charge in [0.15, 0.2) is 0 Å². The fourth-order valence-corrected chi connectivity index (χ4v) is 1.90. The number of nitro benzene ring substituents is 1. The number of nitro groups is 1. The Morgan fingerprint density at radius 2 is 2.00 bits per heavy atom. The molecule has 0 unspecified atom stereocenters. The van der Waals surface area contributed by atoms with Crippen molar-refractivity contribution in [3.8, 4) is 0 Å². The third-order valence-electron chi connectivity index (χ3n) is 3.07. The van der Waals surface area contributed by atoms with Crippen LogP contribution in [0.4, 0.5) is 5.69 Å². The minimum atomic E-state index is -0.357. The molecule has 1 aromatic heterocycles. The minimum Gasteiger partial charge on any atom is -0.307 e. The smallest absolute Gasteiger partial charge is 0.272 e. The summed E-state index contributed by atoms with van der Waals surface area (Å²) in [6, 6.07) is 5.11. The molecule has 1 aromatic carbocycles. The van der Waals surface area contributed by atoms with Gasteiger partial charge >= 0.3 is 0 Å². The highest BCUT2D eigenvalue weighted by Crippen LogP contribution is 2.20. The van der Waals surface area contributed by atoms with Crippen LogP contribution in [0.25, 0.3) is 0 Å². The molecule has 0 saturated heterocycles. The number of benzene rings is 1. The lowest BCUT2D eigenvalue weighted by atomic mass is 10.1. The molecule has 6 nitrogen and oxygen atoms in total. The van der Waals surface area contributed by atoms with Gasteiger partial charge in [-0.3, -0.25) is 20.1 Å². The molecule has 0 aliphatic carbocycles. The Morgan fingerprint density at radius 3 is 2.65 bits per heavy atom. The molecular formula is C14H16N4O2. The average molecular weight is 272 g/mol. The fraction of sp³-hybridized carbons (Fsp3) is 0.286. The molecule has 0 radical (unpaired) electrons. The van der Waals surface area contributed by atoms with Gasteiger partial charge in [0.1, 0.15) is 0 Å². The van der Waals surface area contributed by atoms with Gasteiger partial charge < -0.3 is 5.32 Å². The molecule has 0 spiro atoms. The number of rotatable bonds is 5. The van der Waals surface area contributed by atoms with Crippen LogP contribution in [0.5, 0.6) is 0 Å². The van der Waals surface area contributed by atoms with Crippen molar-refractivity contribution in [2.75, 3.05) is 0 Å². The van der Waals surface area contributed by atoms with E-state index in [-0.39, 0.29) is 10.6 Å². The van der Waals surface area contributed by atoms with Crippen molar-refractivity contribution < 1.29 is 4.92 Å². The molecule has 0 aliphatic rings. The Bertz CT molecular complexity index is 611. The zero-order valence-electron chi connectivity index (χ0n) is 11.5. The van der Waals surface area contributed by atoms with E-state index in [1.54, 1.807) is 25.4 Å². The molecule has 0 atom stereocenters. The summed E-state index contributed by atoms with van der Waals surface area (Å²) in [6.07, 6.45) is 3.44. The van der Waals surface area contributed by atoms with Gasteiger partial charge in [0, 0.05) is 37.1 Å². The zero-order valence-corrected chi connectivity index (χ0v) is 11.5. The largest absolute Gasteiger partial charge is 0.307 e. The highest BCUT2D eigenvalue weighted by atomic mass is 16.6. The Balaban J connectivity index is 1.99. The maximum Gasteiger partial charge on any atom is 0.272 e. The van der Waals surface area contributed by atoms with Crippen LogP contribution in [0, 0.1) is 24.0 Å². The number of hydrogen-bond acceptors (Lipinski definition) is 5. The van der Waals surface area contributed by atoms with Gasteiger partial charge in [-0.15, -0.1) is 0 Å². The maximum absolute atomic E-state index is 10.9. The zero-order chi connectivity index (χ0) is 14.5. The van der Waals surface area contributed by atoms with Gasteiger partial charge in [0.05, 0.1) is 16.3 Å². The van der Waals surface area contributed by atoms with E-state index in [0.29, 0.717) is 18.7 Å². The Hall–Kier alpha value is -2.34. The lowest BCUT2D eigenvalue weighted by molar-refractivity contribution is -0.385. The monoisotopic (exact) mass is 272 g/mol. The van der Waals surface area contributed by atoms with Crippen LogP contribution in [-0.4, -0.2) is 14.9 Å². The second-order valence-electron chi connectivity index (χ2n) is 4.57. The summed E-state index contributed by atoms with van der Waals surface area (Å²) in [4.78, 5) is 18.9. The van der Waals surface area contributed by atoms with Gasteiger partial charge in [-0.25, -0.2) is 0 Å². The third kappa shape index (κ3) is 3.36. The molecule has 0 amide bonds. The van der Waals surface area contributed by atoms with Crippen LogP contribution in [0.15, 0.2) is 30.6 Å². The first-order valence-corrected chi connectivity index (χ1v) is 6.29. The van der Waals surface area contributed by atoms with Crippen molar-refractivity contribution in [3.05, 3.63) is 63.2 Å². The number of aryl methyl sites for hydroxylation is 1. The van der Waals surface area contributed by atoms with E-state index in [9.17, 15) is 10.1 Å². The summed E-state index contributed by atoms with van der Waals surface area (Å²) < 4.78 is 0. The summed E-state index contributed by atoms with van der Waals surface area (Å²) in [5.74, 6) is 0. The molecule has 0 aliphatic heterocycles. The second kappa shape index (κ2) is 6.21. The number of hydrogen-bond donors (Lipinski definition) is 1. The van der Waals surface area contributed by atoms with E-state index in [4.69, 9.17) is 0 Å². The maximum atomic E-state index is 10.9. The Labute approximate surface area is 117 Å². The normalized spacial score (nSPS) is 10.5. The van der Waals surface area contributed by atoms with E-state index < -0.39 is 0 Å². The molecule has 0 saturated carbocycles. The van der Waals surface area contributed by atoms with Gasteiger partial charge in [-0.05, 0) is 19.4 Å². The van der Waals surface area contributed by atoms with Gasteiger partial charge in [-0.1, -0.05) is 12.1 Å². The molecular weight excluding hydrogens is 256 g/mol. The van der Waals surface area contributed by atoms with Crippen molar-refractivity contribution in [2.24, 2.45) is 0 Å². The Kier molecular flexibility index (Phi) is 4.37. The van der Waals surface area contributed by atoms with Crippen molar-refractivity contribution in [3.63, 3.8) is 0 Å². The SMILES string of the molecule is Cc1cnc(CNCc2cccc([N+](=O)[O-])c2C)cn1. The first-order chi connectivity index (χ1) is 9.58. The van der Waals surface area contributed by atoms with Crippen molar-refractivity contribution >= 4 is 5.69 Å². The molecule has 1 heterocycles. The third-order valence-corrected chi connectivity index (χ3v) is 3.07. The molecule has 0 fully saturated rings. The predicted octanol–water partition coefficient (Wildman–Crippen LogP) is 2.29. The van der Waals surface area contributed by atoms with E-state index in [2.05, 4.69) is 15.3 Å². The number of nitrogens with one attached hydrogen (secondary N) is 1. The fourth-order valence-electron chi connectivity index (χ4n) is 1.90. The van der Waals surface area contributed by atoms with Crippen molar-refractivity contribution in [1.82, 2.24) is 15.3 Å². The average Bonchev–Trinajstić information content (AvgIpc) is 2.42. The summed E-state index contributed by atoms with van der Waals surface area (Å²) in [7, 11) is 0. The summed E-state index contributed by atoms with van der Waals surface area (Å²) in [5, 5.41) is 14.1. The molecule has 20 heavy (non-hydrogen) atoms. The standard InChI is InChI=1S/C14H16N4O2/c1-10-6-17-13(9-16-10)8-15-7-12-4-3-5-14(11(12)2)18(19)20/h3-6,9,15H,7-8H2,1-2H3. The first-order valence-electron chi connectivity index (χ1n) is 6.29. The highest BCUT2D eigenvalue weighted by molar-refractivity contribution is 5.44. The summed E-state index contributed by atoms with van der Waals surface area (Å²) >= 11 is 0. The van der Waals surface area contributed by atoms with Crippen LogP contribution in [0.2, 0.25) is 0 Å². The van der Waals surface area contributed by atoms with Gasteiger partial charge in [0.25, 0.3) is 5.69 Å². The quantitative estimate of drug-likeness (QED) is 0.667. The van der Waals surface area contributed by atoms with Crippen molar-refractivity contribution in [1.29, 1.82) is 0 Å². The number of nitrogens with zero attached hydrogens (tertiary/aromatic N) is 3. The first kappa shape index (κ1) is 14.1. The van der Waals surface area contributed by atoms with Crippen LogP contribution >= 0.6 is 0 Å². The second-order valence-corrected chi connectivity index (χ2v) is 4.57. The summed E-state index contributed by atoms with van der Waals surface area (Å²) in [5.41, 5.74) is 3.49. The topological polar surface area (TPSA) is 81.0 Å². The molecule has 1 N–H and O–H groups in total. The van der Waals surface area contributed by atoms with E-state index >= 15 is 0 Å². The number of aromatic nitrogens is 2. The van der Waals surface area contributed by atoms with E-state index in [1.807, 2.05) is 13.0 Å². The molecule has 104 valence electrons.